The molecule has 27 heavy (non-hydrogen) atoms. The number of likely N-dealkylation sites (tertiary alicyclic amines) is 1. The quantitative estimate of drug-likeness (QED) is 0.753. The van der Waals surface area contributed by atoms with Gasteiger partial charge < -0.3 is 10.1 Å². The number of carbonyl (C=O) groups is 2. The van der Waals surface area contributed by atoms with Gasteiger partial charge in [0.2, 0.25) is 5.91 Å². The fourth-order valence-electron chi connectivity index (χ4n) is 3.82. The molecule has 7 heteroatoms. The normalized spacial score (nSPS) is 18.9. The topological polar surface area (TPSA) is 61.9 Å². The molecule has 0 saturated carbocycles. The SMILES string of the molecule is CCOC(=O)c1c(NC(=O)CN2CCC(C)CC2)sc2c1CCN(CC)C2. The number of hydrogen-bond acceptors (Lipinski definition) is 6. The molecule has 0 unspecified atom stereocenters. The van der Waals surface area contributed by atoms with Crippen LogP contribution in [0.15, 0.2) is 0 Å². The smallest absolute Gasteiger partial charge is 0.341 e. The second-order valence-electron chi connectivity index (χ2n) is 7.55. The van der Waals surface area contributed by atoms with Crippen molar-refractivity contribution >= 4 is 28.2 Å². The van der Waals surface area contributed by atoms with E-state index in [0.29, 0.717) is 23.7 Å². The molecule has 0 bridgehead atoms. The Morgan fingerprint density at radius 1 is 1.19 bits per heavy atom. The third kappa shape index (κ3) is 4.89. The third-order valence-electron chi connectivity index (χ3n) is 5.56. The number of fused-ring (bicyclic) bond motifs is 1. The maximum Gasteiger partial charge on any atom is 0.341 e. The number of nitrogens with zero attached hydrogens (tertiary/aromatic N) is 2. The Bertz CT molecular complexity index is 680. The first-order chi connectivity index (χ1) is 13.0. The van der Waals surface area contributed by atoms with Gasteiger partial charge in [-0.2, -0.15) is 0 Å². The van der Waals surface area contributed by atoms with Crippen molar-refractivity contribution in [2.75, 3.05) is 44.6 Å². The number of thiophene rings is 1. The van der Waals surface area contributed by atoms with Gasteiger partial charge in [0.1, 0.15) is 5.00 Å². The lowest BCUT2D eigenvalue weighted by molar-refractivity contribution is -0.117. The Hall–Kier alpha value is -1.44. The van der Waals surface area contributed by atoms with Gasteiger partial charge in [-0.25, -0.2) is 4.79 Å². The van der Waals surface area contributed by atoms with Crippen LogP contribution in [-0.4, -0.2) is 61.0 Å². The van der Waals surface area contributed by atoms with Gasteiger partial charge in [-0.05, 0) is 57.3 Å². The van der Waals surface area contributed by atoms with Gasteiger partial charge in [0.15, 0.2) is 0 Å². The van der Waals surface area contributed by atoms with Gasteiger partial charge in [0.25, 0.3) is 0 Å². The number of likely N-dealkylation sites (N-methyl/N-ethyl adjacent to an activating group) is 1. The summed E-state index contributed by atoms with van der Waals surface area (Å²) in [4.78, 5) is 30.9. The molecule has 150 valence electrons. The van der Waals surface area contributed by atoms with E-state index in [2.05, 4.69) is 29.0 Å². The van der Waals surface area contributed by atoms with Crippen molar-refractivity contribution in [3.63, 3.8) is 0 Å². The summed E-state index contributed by atoms with van der Waals surface area (Å²) < 4.78 is 5.28. The van der Waals surface area contributed by atoms with Gasteiger partial charge in [-0.1, -0.05) is 13.8 Å². The Morgan fingerprint density at radius 3 is 2.59 bits per heavy atom. The minimum absolute atomic E-state index is 0.0407. The van der Waals surface area contributed by atoms with Crippen molar-refractivity contribution in [2.45, 2.75) is 46.6 Å². The van der Waals surface area contributed by atoms with Gasteiger partial charge >= 0.3 is 5.97 Å². The Morgan fingerprint density at radius 2 is 1.93 bits per heavy atom. The van der Waals surface area contributed by atoms with E-state index in [4.69, 9.17) is 4.74 Å². The maximum atomic E-state index is 12.6. The zero-order chi connectivity index (χ0) is 19.4. The first-order valence-corrected chi connectivity index (χ1v) is 10.9. The van der Waals surface area contributed by atoms with Crippen LogP contribution in [0.3, 0.4) is 0 Å². The minimum atomic E-state index is -0.318. The highest BCUT2D eigenvalue weighted by Crippen LogP contribution is 2.37. The molecule has 0 atom stereocenters. The van der Waals surface area contributed by atoms with Crippen LogP contribution in [-0.2, 0) is 22.5 Å². The highest BCUT2D eigenvalue weighted by molar-refractivity contribution is 7.17. The zero-order valence-corrected chi connectivity index (χ0v) is 17.5. The van der Waals surface area contributed by atoms with Crippen LogP contribution in [0.4, 0.5) is 5.00 Å². The molecule has 0 spiro atoms. The van der Waals surface area contributed by atoms with Crippen LogP contribution in [0.1, 0.15) is 54.4 Å². The summed E-state index contributed by atoms with van der Waals surface area (Å²) >= 11 is 1.53. The van der Waals surface area contributed by atoms with E-state index in [1.165, 1.54) is 16.2 Å². The number of anilines is 1. The van der Waals surface area contributed by atoms with Crippen LogP contribution >= 0.6 is 11.3 Å². The second-order valence-corrected chi connectivity index (χ2v) is 8.66. The average molecular weight is 394 g/mol. The standard InChI is InChI=1S/C20H31N3O3S/c1-4-22-11-8-15-16(12-22)27-19(18(15)20(25)26-5-2)21-17(24)13-23-9-6-14(3)7-10-23/h14H,4-13H2,1-3H3,(H,21,24). The van der Waals surface area contributed by atoms with Gasteiger partial charge in [0, 0.05) is 18.0 Å². The molecular weight excluding hydrogens is 362 g/mol. The van der Waals surface area contributed by atoms with Crippen molar-refractivity contribution in [1.82, 2.24) is 9.80 Å². The molecule has 2 aliphatic heterocycles. The minimum Gasteiger partial charge on any atom is -0.462 e. The fourth-order valence-corrected chi connectivity index (χ4v) is 5.12. The number of esters is 1. The van der Waals surface area contributed by atoms with E-state index in [1.54, 1.807) is 0 Å². The predicted molar refractivity (Wildman–Crippen MR) is 108 cm³/mol. The summed E-state index contributed by atoms with van der Waals surface area (Å²) in [5.74, 6) is 0.383. The first-order valence-electron chi connectivity index (χ1n) is 10.1. The number of piperidine rings is 1. The zero-order valence-electron chi connectivity index (χ0n) is 16.7. The van der Waals surface area contributed by atoms with E-state index in [-0.39, 0.29) is 11.9 Å². The molecular formula is C20H31N3O3S. The molecule has 0 aromatic carbocycles. The summed E-state index contributed by atoms with van der Waals surface area (Å²) in [5, 5.41) is 3.68. The molecule has 1 fully saturated rings. The van der Waals surface area contributed by atoms with Crippen molar-refractivity contribution in [1.29, 1.82) is 0 Å². The summed E-state index contributed by atoms with van der Waals surface area (Å²) in [6.45, 7) is 11.6. The highest BCUT2D eigenvalue weighted by Gasteiger charge is 2.29. The van der Waals surface area contributed by atoms with Gasteiger partial charge in [0.05, 0.1) is 18.7 Å². The number of rotatable bonds is 6. The number of carbonyl (C=O) groups excluding carboxylic acids is 2. The Balaban J connectivity index is 1.74. The summed E-state index contributed by atoms with van der Waals surface area (Å²) in [6, 6.07) is 0. The number of nitrogens with one attached hydrogen (secondary N) is 1. The fraction of sp³-hybridized carbons (Fsp3) is 0.700. The van der Waals surface area contributed by atoms with Crippen LogP contribution in [0.2, 0.25) is 0 Å². The molecule has 3 rings (SSSR count). The molecule has 1 saturated heterocycles. The second kappa shape index (κ2) is 9.17. The Kier molecular flexibility index (Phi) is 6.89. The number of amides is 1. The van der Waals surface area contributed by atoms with E-state index >= 15 is 0 Å². The summed E-state index contributed by atoms with van der Waals surface area (Å²) in [7, 11) is 0. The van der Waals surface area contributed by atoms with E-state index < -0.39 is 0 Å². The molecule has 1 aromatic rings. The summed E-state index contributed by atoms with van der Waals surface area (Å²) in [6.07, 6.45) is 3.11. The van der Waals surface area contributed by atoms with Crippen LogP contribution in [0, 0.1) is 5.92 Å². The van der Waals surface area contributed by atoms with Gasteiger partial charge in [-0.15, -0.1) is 11.3 Å². The molecule has 1 amide bonds. The third-order valence-corrected chi connectivity index (χ3v) is 6.69. The van der Waals surface area contributed by atoms with E-state index in [1.807, 2.05) is 6.92 Å². The average Bonchev–Trinajstić information content (AvgIpc) is 3.00. The monoisotopic (exact) mass is 393 g/mol. The molecule has 1 N–H and O–H groups in total. The molecule has 2 aliphatic rings. The lowest BCUT2D eigenvalue weighted by atomic mass is 9.99. The van der Waals surface area contributed by atoms with Crippen LogP contribution in [0.25, 0.3) is 0 Å². The highest BCUT2D eigenvalue weighted by atomic mass is 32.1. The summed E-state index contributed by atoms with van der Waals surface area (Å²) in [5.41, 5.74) is 1.64. The lowest BCUT2D eigenvalue weighted by Crippen LogP contribution is -2.38. The number of hydrogen-bond donors (Lipinski definition) is 1. The largest absolute Gasteiger partial charge is 0.462 e. The maximum absolute atomic E-state index is 12.6. The Labute approximate surface area is 165 Å². The molecule has 1 aromatic heterocycles. The predicted octanol–water partition coefficient (Wildman–Crippen LogP) is 2.97. The molecule has 6 nitrogen and oxygen atoms in total. The molecule has 3 heterocycles. The number of ether oxygens (including phenoxy) is 1. The lowest BCUT2D eigenvalue weighted by Gasteiger charge is -2.29. The van der Waals surface area contributed by atoms with Crippen LogP contribution in [0.5, 0.6) is 0 Å². The van der Waals surface area contributed by atoms with Crippen LogP contribution < -0.4 is 5.32 Å². The van der Waals surface area contributed by atoms with Crippen molar-refractivity contribution in [3.8, 4) is 0 Å². The molecule has 0 aliphatic carbocycles. The van der Waals surface area contributed by atoms with Gasteiger partial charge in [-0.3, -0.25) is 14.6 Å². The van der Waals surface area contributed by atoms with E-state index in [9.17, 15) is 9.59 Å². The van der Waals surface area contributed by atoms with Crippen molar-refractivity contribution < 1.29 is 14.3 Å². The molecule has 0 radical (unpaired) electrons. The van der Waals surface area contributed by atoms with Crippen molar-refractivity contribution in [2.24, 2.45) is 5.92 Å². The first kappa shape index (κ1) is 20.3. The van der Waals surface area contributed by atoms with E-state index in [0.717, 1.165) is 63.5 Å². The van der Waals surface area contributed by atoms with Crippen molar-refractivity contribution in [3.05, 3.63) is 16.0 Å².